The second-order valence-corrected chi connectivity index (χ2v) is 8.38. The lowest BCUT2D eigenvalue weighted by Crippen LogP contribution is -2.66. The minimum Gasteiger partial charge on any atom is -0.286 e. The number of halogens is 3. The van der Waals surface area contributed by atoms with Gasteiger partial charge in [-0.25, -0.2) is 4.98 Å². The maximum absolute atomic E-state index is 6.20. The molecule has 0 amide bonds. The average Bonchev–Trinajstić information content (AvgIpc) is 2.78. The highest BCUT2D eigenvalue weighted by Gasteiger charge is 2.28. The molecular formula is C25H17BCl3N. The monoisotopic (exact) mass is 447 g/mol. The zero-order valence-corrected chi connectivity index (χ0v) is 18.2. The van der Waals surface area contributed by atoms with E-state index in [1.807, 2.05) is 97.2 Å². The first-order chi connectivity index (χ1) is 14.6. The number of rotatable bonds is 3. The predicted molar refractivity (Wildman–Crippen MR) is 129 cm³/mol. The van der Waals surface area contributed by atoms with Gasteiger partial charge in [-0.05, 0) is 48.4 Å². The second kappa shape index (κ2) is 8.98. The number of hydrogen-bond donors (Lipinski definition) is 0. The van der Waals surface area contributed by atoms with E-state index >= 15 is 0 Å². The van der Waals surface area contributed by atoms with Gasteiger partial charge in [0.1, 0.15) is 6.15 Å². The summed E-state index contributed by atoms with van der Waals surface area (Å²) in [7, 11) is 0. The van der Waals surface area contributed by atoms with Crippen LogP contribution in [0.25, 0.3) is 0 Å². The normalized spacial score (nSPS) is 10.9. The van der Waals surface area contributed by atoms with Crippen molar-refractivity contribution in [2.45, 2.75) is 0 Å². The highest BCUT2D eigenvalue weighted by molar-refractivity contribution is 7.16. The molecule has 1 aromatic heterocycles. The highest BCUT2D eigenvalue weighted by atomic mass is 35.5. The lowest BCUT2D eigenvalue weighted by molar-refractivity contribution is -0.381. The van der Waals surface area contributed by atoms with E-state index in [1.54, 1.807) is 0 Å². The number of aromatic nitrogens is 1. The van der Waals surface area contributed by atoms with E-state index in [1.165, 1.54) is 0 Å². The van der Waals surface area contributed by atoms with Crippen LogP contribution in [0.2, 0.25) is 15.1 Å². The third kappa shape index (κ3) is 4.25. The van der Waals surface area contributed by atoms with Gasteiger partial charge < -0.3 is 0 Å². The molecule has 1 heterocycles. The first-order valence-corrected chi connectivity index (χ1v) is 10.6. The Labute approximate surface area is 191 Å². The van der Waals surface area contributed by atoms with E-state index in [9.17, 15) is 0 Å². The number of aromatic amines is 1. The van der Waals surface area contributed by atoms with Gasteiger partial charge in [-0.2, -0.15) is 16.4 Å². The number of nitrogens with one attached hydrogen (secondary N) is 1. The van der Waals surface area contributed by atoms with Crippen LogP contribution in [0, 0.1) is 11.7 Å². The van der Waals surface area contributed by atoms with Crippen molar-refractivity contribution in [3.8, 4) is 11.7 Å². The Morgan fingerprint density at radius 3 is 1.37 bits per heavy atom. The lowest BCUT2D eigenvalue weighted by atomic mass is 9.16. The molecule has 4 rings (SSSR count). The van der Waals surface area contributed by atoms with Gasteiger partial charge in [-0.1, -0.05) is 71.2 Å². The zero-order chi connectivity index (χ0) is 21.0. The fraction of sp³-hybridized carbons (Fsp3) is 0. The summed E-state index contributed by atoms with van der Waals surface area (Å²) in [6.07, 6.45) is 0.226. The summed E-state index contributed by atoms with van der Waals surface area (Å²) < 4.78 is 0. The molecule has 0 aliphatic carbocycles. The average molecular weight is 449 g/mol. The first kappa shape index (κ1) is 20.6. The van der Waals surface area contributed by atoms with Crippen LogP contribution >= 0.6 is 34.8 Å². The molecule has 3 aromatic carbocycles. The van der Waals surface area contributed by atoms with E-state index < -0.39 is 6.15 Å². The summed E-state index contributed by atoms with van der Waals surface area (Å²) in [5, 5.41) is 2.04. The molecule has 0 saturated heterocycles. The Kier molecular flexibility index (Phi) is 6.16. The van der Waals surface area contributed by atoms with Gasteiger partial charge in [0.15, 0.2) is 6.20 Å². The highest BCUT2D eigenvalue weighted by Crippen LogP contribution is 2.14. The van der Waals surface area contributed by atoms with Crippen LogP contribution in [0.3, 0.4) is 0 Å². The van der Waals surface area contributed by atoms with Gasteiger partial charge >= 0.3 is 0 Å². The summed E-state index contributed by atoms with van der Waals surface area (Å²) >= 11 is 18.6. The maximum atomic E-state index is 6.20. The molecule has 0 aliphatic rings. The van der Waals surface area contributed by atoms with Crippen LogP contribution < -0.4 is 21.4 Å². The quantitative estimate of drug-likeness (QED) is 0.323. The SMILES string of the molecule is Clc1ccc([B-](C#Cc2cccc[nH+]2)(c2ccc(Cl)cc2)c2ccc(Cl)cc2)cc1. The molecule has 0 fully saturated rings. The van der Waals surface area contributed by atoms with E-state index in [2.05, 4.69) is 16.7 Å². The molecule has 0 saturated carbocycles. The van der Waals surface area contributed by atoms with Crippen LogP contribution in [-0.2, 0) is 0 Å². The molecule has 30 heavy (non-hydrogen) atoms. The standard InChI is InChI=1S/C25H16BCl3N/c27-22-10-4-19(5-11-22)26(20-6-12-23(28)13-7-20,21-8-14-24(29)15-9-21)17-16-25-3-1-2-18-30-25/h1-15,18H/q-1/p+1. The van der Waals surface area contributed by atoms with E-state index in [0.717, 1.165) is 22.1 Å². The molecule has 4 aromatic rings. The molecule has 0 bridgehead atoms. The van der Waals surface area contributed by atoms with E-state index in [-0.39, 0.29) is 0 Å². The van der Waals surface area contributed by atoms with Crippen molar-refractivity contribution in [2.75, 3.05) is 0 Å². The first-order valence-electron chi connectivity index (χ1n) is 9.51. The molecule has 0 radical (unpaired) electrons. The molecule has 146 valence electrons. The molecule has 0 aliphatic heterocycles. The summed E-state index contributed by atoms with van der Waals surface area (Å²) in [5.74, 6) is 6.96. The fourth-order valence-corrected chi connectivity index (χ4v) is 4.12. The third-order valence-corrected chi connectivity index (χ3v) is 6.00. The smallest absolute Gasteiger partial charge is 0.251 e. The van der Waals surface area contributed by atoms with Crippen molar-refractivity contribution < 1.29 is 4.98 Å². The molecular weight excluding hydrogens is 431 g/mol. The van der Waals surface area contributed by atoms with Crippen molar-refractivity contribution in [3.63, 3.8) is 0 Å². The predicted octanol–water partition coefficient (Wildman–Crippen LogP) is 4.52. The second-order valence-electron chi connectivity index (χ2n) is 7.07. The number of hydrogen-bond acceptors (Lipinski definition) is 0. The Morgan fingerprint density at radius 2 is 1.00 bits per heavy atom. The fourth-order valence-electron chi connectivity index (χ4n) is 3.74. The molecule has 0 unspecified atom stereocenters. The lowest BCUT2D eigenvalue weighted by Gasteiger charge is -2.38. The van der Waals surface area contributed by atoms with Gasteiger partial charge in [0.05, 0.1) is 0 Å². The van der Waals surface area contributed by atoms with Gasteiger partial charge in [-0.15, -0.1) is 0 Å². The van der Waals surface area contributed by atoms with Crippen LogP contribution in [-0.4, -0.2) is 6.15 Å². The van der Waals surface area contributed by atoms with Crippen molar-refractivity contribution >= 4 is 57.3 Å². The Morgan fingerprint density at radius 1 is 0.567 bits per heavy atom. The van der Waals surface area contributed by atoms with Crippen molar-refractivity contribution in [3.05, 3.63) is 118 Å². The molecule has 1 nitrogen and oxygen atoms in total. The van der Waals surface area contributed by atoms with Crippen molar-refractivity contribution in [1.82, 2.24) is 0 Å². The minimum absolute atomic E-state index is 0.681. The van der Waals surface area contributed by atoms with E-state index in [0.29, 0.717) is 15.1 Å². The molecule has 0 spiro atoms. The topological polar surface area (TPSA) is 14.1 Å². The van der Waals surface area contributed by atoms with Crippen molar-refractivity contribution in [1.29, 1.82) is 0 Å². The van der Waals surface area contributed by atoms with Gasteiger partial charge in [0, 0.05) is 27.2 Å². The van der Waals surface area contributed by atoms with Gasteiger partial charge in [0.25, 0.3) is 5.69 Å². The summed E-state index contributed by atoms with van der Waals surface area (Å²) in [4.78, 5) is 3.20. The Hall–Kier alpha value is -2.70. The third-order valence-electron chi connectivity index (χ3n) is 5.24. The van der Waals surface area contributed by atoms with Crippen molar-refractivity contribution in [2.24, 2.45) is 0 Å². The Bertz CT molecular complexity index is 1080. The summed E-state index contributed by atoms with van der Waals surface area (Å²) in [6.45, 7) is 0. The number of benzene rings is 3. The number of pyridine rings is 1. The molecule has 0 atom stereocenters. The van der Waals surface area contributed by atoms with Crippen LogP contribution in [0.5, 0.6) is 0 Å². The van der Waals surface area contributed by atoms with Crippen LogP contribution in [0.15, 0.2) is 97.2 Å². The van der Waals surface area contributed by atoms with E-state index in [4.69, 9.17) is 34.8 Å². The minimum atomic E-state index is -1.64. The molecule has 5 heteroatoms. The number of H-pyrrole nitrogens is 1. The van der Waals surface area contributed by atoms with Gasteiger partial charge in [0.2, 0.25) is 0 Å². The van der Waals surface area contributed by atoms with Gasteiger partial charge in [-0.3, -0.25) is 5.82 Å². The maximum Gasteiger partial charge on any atom is 0.251 e. The summed E-state index contributed by atoms with van der Waals surface area (Å²) in [5.41, 5.74) is 4.02. The molecule has 1 N–H and O–H groups in total. The van der Waals surface area contributed by atoms with Crippen LogP contribution in [0.1, 0.15) is 5.69 Å². The largest absolute Gasteiger partial charge is 0.286 e. The zero-order valence-electron chi connectivity index (χ0n) is 15.9. The Balaban J connectivity index is 2.04. The van der Waals surface area contributed by atoms with Crippen LogP contribution in [0.4, 0.5) is 0 Å². The summed E-state index contributed by atoms with van der Waals surface area (Å²) in [6, 6.07) is 29.5.